The van der Waals surface area contributed by atoms with Gasteiger partial charge in [0.15, 0.2) is 5.52 Å². The van der Waals surface area contributed by atoms with E-state index in [1.54, 1.807) is 6.07 Å². The number of hydrogen-bond acceptors (Lipinski definition) is 8. The average Bonchev–Trinajstić information content (AvgIpc) is 2.97. The van der Waals surface area contributed by atoms with Gasteiger partial charge in [0, 0.05) is 18.2 Å². The lowest BCUT2D eigenvalue weighted by molar-refractivity contribution is -0.383. The highest BCUT2D eigenvalue weighted by atomic mass is 16.6. The molecule has 10 nitrogen and oxygen atoms in total. The second-order valence-corrected chi connectivity index (χ2v) is 5.77. The van der Waals surface area contributed by atoms with Gasteiger partial charge in [0.05, 0.1) is 17.2 Å². The second-order valence-electron chi connectivity index (χ2n) is 5.77. The maximum Gasteiger partial charge on any atom is 0.317 e. The molecule has 0 atom stereocenters. The highest BCUT2D eigenvalue weighted by Gasteiger charge is 2.34. The molecule has 3 rings (SSSR count). The number of non-ortho nitro benzene ring substituents is 1. The van der Waals surface area contributed by atoms with E-state index in [1.807, 2.05) is 11.8 Å². The van der Waals surface area contributed by atoms with Crippen LogP contribution in [-0.2, 0) is 4.79 Å². The van der Waals surface area contributed by atoms with Gasteiger partial charge in [0.25, 0.3) is 0 Å². The summed E-state index contributed by atoms with van der Waals surface area (Å²) in [6.45, 7) is 2.65. The van der Waals surface area contributed by atoms with Crippen molar-refractivity contribution < 1.29 is 19.5 Å². The van der Waals surface area contributed by atoms with Crippen molar-refractivity contribution in [2.24, 2.45) is 0 Å². The zero-order chi connectivity index (χ0) is 17.3. The van der Waals surface area contributed by atoms with Crippen molar-refractivity contribution in [2.75, 3.05) is 18.4 Å². The summed E-state index contributed by atoms with van der Waals surface area (Å²) in [7, 11) is 0. The number of carboxylic acid groups (broad SMARTS) is 1. The molecule has 0 saturated heterocycles. The van der Waals surface area contributed by atoms with Gasteiger partial charge in [-0.3, -0.25) is 19.8 Å². The van der Waals surface area contributed by atoms with Gasteiger partial charge in [0.1, 0.15) is 0 Å². The van der Waals surface area contributed by atoms with Crippen LogP contribution in [0.15, 0.2) is 16.8 Å². The first kappa shape index (κ1) is 16.1. The van der Waals surface area contributed by atoms with Crippen LogP contribution in [0.4, 0.5) is 11.4 Å². The van der Waals surface area contributed by atoms with E-state index in [0.717, 1.165) is 12.8 Å². The molecule has 128 valence electrons. The third kappa shape index (κ3) is 3.00. The van der Waals surface area contributed by atoms with E-state index in [0.29, 0.717) is 17.7 Å². The number of nitrogens with zero attached hydrogens (tertiary/aromatic N) is 4. The molecule has 1 aliphatic rings. The third-order valence-electron chi connectivity index (χ3n) is 4.32. The quantitative estimate of drug-likeness (QED) is 0.569. The molecular weight excluding hydrogens is 318 g/mol. The van der Waals surface area contributed by atoms with Crippen LogP contribution in [0, 0.1) is 10.1 Å². The van der Waals surface area contributed by atoms with E-state index < -0.39 is 10.9 Å². The Labute approximate surface area is 136 Å². The summed E-state index contributed by atoms with van der Waals surface area (Å²) in [5.74, 6) is -0.834. The first-order valence-corrected chi connectivity index (χ1v) is 7.61. The Balaban J connectivity index is 1.68. The fourth-order valence-electron chi connectivity index (χ4n) is 3.01. The topological polar surface area (TPSA) is 135 Å². The molecular formula is C14H17N5O5. The number of aromatic nitrogens is 2. The Hall–Kier alpha value is -2.75. The van der Waals surface area contributed by atoms with Crippen LogP contribution in [0.25, 0.3) is 11.0 Å². The van der Waals surface area contributed by atoms with E-state index in [2.05, 4.69) is 20.3 Å². The molecule has 1 saturated carbocycles. The summed E-state index contributed by atoms with van der Waals surface area (Å²) in [5.41, 5.74) is 0.913. The lowest BCUT2D eigenvalue weighted by Crippen LogP contribution is -2.51. The van der Waals surface area contributed by atoms with Crippen molar-refractivity contribution in [3.63, 3.8) is 0 Å². The van der Waals surface area contributed by atoms with Crippen molar-refractivity contribution in [3.05, 3.63) is 22.2 Å². The Bertz CT molecular complexity index is 770. The SMILES string of the molecule is CCN(CC(=O)O)C1CC(Nc2ccc([N+](=O)[O-])c3nonc23)C1. The monoisotopic (exact) mass is 335 g/mol. The lowest BCUT2D eigenvalue weighted by Gasteiger charge is -2.42. The number of carboxylic acids is 1. The van der Waals surface area contributed by atoms with Crippen molar-refractivity contribution >= 4 is 28.4 Å². The minimum atomic E-state index is -0.834. The smallest absolute Gasteiger partial charge is 0.317 e. The van der Waals surface area contributed by atoms with Crippen LogP contribution in [0.3, 0.4) is 0 Å². The minimum absolute atomic E-state index is 0.0306. The first-order chi connectivity index (χ1) is 11.5. The molecule has 2 N–H and O–H groups in total. The molecule has 0 amide bonds. The van der Waals surface area contributed by atoms with Crippen LogP contribution in [0.5, 0.6) is 0 Å². The fraction of sp³-hybridized carbons (Fsp3) is 0.500. The van der Waals surface area contributed by atoms with Gasteiger partial charge in [-0.1, -0.05) is 6.92 Å². The molecule has 1 aliphatic carbocycles. The minimum Gasteiger partial charge on any atom is -0.480 e. The van der Waals surface area contributed by atoms with E-state index >= 15 is 0 Å². The van der Waals surface area contributed by atoms with E-state index in [4.69, 9.17) is 5.11 Å². The Morgan fingerprint density at radius 1 is 1.46 bits per heavy atom. The number of fused-ring (bicyclic) bond motifs is 1. The number of nitrogens with one attached hydrogen (secondary N) is 1. The summed E-state index contributed by atoms with van der Waals surface area (Å²) >= 11 is 0. The lowest BCUT2D eigenvalue weighted by atomic mass is 9.85. The number of rotatable bonds is 7. The Morgan fingerprint density at radius 2 is 2.17 bits per heavy atom. The molecule has 0 spiro atoms. The Kier molecular flexibility index (Phi) is 4.30. The summed E-state index contributed by atoms with van der Waals surface area (Å²) in [5, 5.41) is 30.5. The zero-order valence-corrected chi connectivity index (χ0v) is 13.0. The molecule has 1 aromatic heterocycles. The predicted octanol–water partition coefficient (Wildman–Crippen LogP) is 1.48. The number of carbonyl (C=O) groups is 1. The number of benzene rings is 1. The summed E-state index contributed by atoms with van der Waals surface area (Å²) in [4.78, 5) is 23.2. The van der Waals surface area contributed by atoms with Crippen molar-refractivity contribution in [2.45, 2.75) is 31.8 Å². The van der Waals surface area contributed by atoms with Gasteiger partial charge in [0.2, 0.25) is 5.52 Å². The molecule has 1 aromatic carbocycles. The van der Waals surface area contributed by atoms with Crippen molar-refractivity contribution in [3.8, 4) is 0 Å². The summed E-state index contributed by atoms with van der Waals surface area (Å²) in [6, 6.07) is 3.33. The van der Waals surface area contributed by atoms with E-state index in [-0.39, 0.29) is 29.8 Å². The van der Waals surface area contributed by atoms with Crippen LogP contribution < -0.4 is 5.32 Å². The molecule has 10 heteroatoms. The van der Waals surface area contributed by atoms with Crippen LogP contribution in [-0.4, -0.2) is 56.4 Å². The number of anilines is 1. The van der Waals surface area contributed by atoms with E-state index in [1.165, 1.54) is 6.07 Å². The number of nitro benzene ring substituents is 1. The van der Waals surface area contributed by atoms with Gasteiger partial charge >= 0.3 is 11.7 Å². The maximum atomic E-state index is 11.0. The molecule has 1 fully saturated rings. The third-order valence-corrected chi connectivity index (χ3v) is 4.32. The number of likely N-dealkylation sites (N-methyl/N-ethyl adjacent to an activating group) is 1. The van der Waals surface area contributed by atoms with Gasteiger partial charge in [-0.05, 0) is 35.8 Å². The standard InChI is InChI=1S/C14H17N5O5/c1-2-18(7-12(20)21)9-5-8(6-9)15-10-3-4-11(19(22)23)14-13(10)16-24-17-14/h3-4,8-9,15H,2,5-7H2,1H3,(H,20,21). The highest BCUT2D eigenvalue weighted by Crippen LogP contribution is 2.33. The van der Waals surface area contributed by atoms with Crippen LogP contribution in [0.1, 0.15) is 19.8 Å². The van der Waals surface area contributed by atoms with Gasteiger partial charge < -0.3 is 10.4 Å². The number of aliphatic carboxylic acids is 1. The second kappa shape index (κ2) is 6.40. The van der Waals surface area contributed by atoms with Gasteiger partial charge in [-0.2, -0.15) is 0 Å². The molecule has 1 heterocycles. The number of nitro groups is 1. The van der Waals surface area contributed by atoms with Crippen LogP contribution >= 0.6 is 0 Å². The molecule has 0 unspecified atom stereocenters. The van der Waals surface area contributed by atoms with Gasteiger partial charge in [-0.25, -0.2) is 4.63 Å². The average molecular weight is 335 g/mol. The normalized spacial score (nSPS) is 20.1. The van der Waals surface area contributed by atoms with Crippen molar-refractivity contribution in [1.29, 1.82) is 0 Å². The zero-order valence-electron chi connectivity index (χ0n) is 13.0. The van der Waals surface area contributed by atoms with Crippen molar-refractivity contribution in [1.82, 2.24) is 15.2 Å². The number of hydrogen-bond donors (Lipinski definition) is 2. The van der Waals surface area contributed by atoms with E-state index in [9.17, 15) is 14.9 Å². The summed E-state index contributed by atoms with van der Waals surface area (Å²) < 4.78 is 4.63. The molecule has 24 heavy (non-hydrogen) atoms. The summed E-state index contributed by atoms with van der Waals surface area (Å²) in [6.07, 6.45) is 1.59. The van der Waals surface area contributed by atoms with Gasteiger partial charge in [-0.15, -0.1) is 0 Å². The Morgan fingerprint density at radius 3 is 2.79 bits per heavy atom. The molecule has 2 aromatic rings. The maximum absolute atomic E-state index is 11.0. The molecule has 0 aliphatic heterocycles. The molecule has 0 bridgehead atoms. The van der Waals surface area contributed by atoms with Crippen LogP contribution in [0.2, 0.25) is 0 Å². The highest BCUT2D eigenvalue weighted by molar-refractivity contribution is 5.93. The fourth-order valence-corrected chi connectivity index (χ4v) is 3.01. The largest absolute Gasteiger partial charge is 0.480 e. The molecule has 0 radical (unpaired) electrons. The first-order valence-electron chi connectivity index (χ1n) is 7.61. The predicted molar refractivity (Wildman–Crippen MR) is 83.8 cm³/mol.